The van der Waals surface area contributed by atoms with Crippen molar-refractivity contribution in [1.82, 2.24) is 9.88 Å². The van der Waals surface area contributed by atoms with E-state index in [9.17, 15) is 14.0 Å². The highest BCUT2D eigenvalue weighted by Gasteiger charge is 2.54. The molecule has 0 radical (unpaired) electrons. The largest absolute Gasteiger partial charge is 0.466 e. The molecule has 1 amide bonds. The molecule has 33 heavy (non-hydrogen) atoms. The molecule has 1 aliphatic carbocycles. The first kappa shape index (κ1) is 22.1. The minimum Gasteiger partial charge on any atom is -0.466 e. The Kier molecular flexibility index (Phi) is 5.99. The van der Waals surface area contributed by atoms with Crippen molar-refractivity contribution in [3.05, 3.63) is 58.2 Å². The average Bonchev–Trinajstić information content (AvgIpc) is 3.47. The molecule has 2 aromatic heterocycles. The molecular weight excluding hydrogens is 439 g/mol. The van der Waals surface area contributed by atoms with Crippen molar-refractivity contribution in [3.8, 4) is 0 Å². The lowest BCUT2D eigenvalue weighted by atomic mass is 9.63. The van der Waals surface area contributed by atoms with Gasteiger partial charge in [0.2, 0.25) is 5.91 Å². The number of benzene rings is 1. The van der Waals surface area contributed by atoms with Gasteiger partial charge in [-0.3, -0.25) is 9.59 Å². The van der Waals surface area contributed by atoms with Crippen LogP contribution in [-0.4, -0.2) is 40.5 Å². The number of amides is 1. The molecule has 174 valence electrons. The zero-order valence-electron chi connectivity index (χ0n) is 18.9. The maximum Gasteiger partial charge on any atom is 0.311 e. The lowest BCUT2D eigenvalue weighted by Gasteiger charge is -2.57. The van der Waals surface area contributed by atoms with Gasteiger partial charge in [0, 0.05) is 46.4 Å². The third-order valence-corrected chi connectivity index (χ3v) is 8.40. The topological polar surface area (TPSA) is 62.4 Å². The molecule has 7 heteroatoms. The molecule has 3 aromatic rings. The van der Waals surface area contributed by atoms with Crippen molar-refractivity contribution in [3.63, 3.8) is 0 Å². The fourth-order valence-electron chi connectivity index (χ4n) is 5.91. The van der Waals surface area contributed by atoms with Gasteiger partial charge in [0.25, 0.3) is 0 Å². The molecule has 1 N–H and O–H groups in total. The fraction of sp³-hybridized carbons (Fsp3) is 0.462. The number of carbonyl (C=O) groups excluding carboxylic acids is 2. The van der Waals surface area contributed by atoms with Crippen LogP contribution in [0.3, 0.4) is 0 Å². The molecule has 0 spiro atoms. The monoisotopic (exact) mass is 468 g/mol. The maximum absolute atomic E-state index is 14.8. The number of piperidine rings is 2. The summed E-state index contributed by atoms with van der Waals surface area (Å²) in [5.41, 5.74) is 1.53. The van der Waals surface area contributed by atoms with E-state index in [-0.39, 0.29) is 48.0 Å². The lowest BCUT2D eigenvalue weighted by Crippen LogP contribution is -2.65. The van der Waals surface area contributed by atoms with Gasteiger partial charge in [-0.25, -0.2) is 4.39 Å². The minimum atomic E-state index is -0.286. The van der Waals surface area contributed by atoms with Crippen molar-refractivity contribution in [2.24, 2.45) is 11.8 Å². The highest BCUT2D eigenvalue weighted by molar-refractivity contribution is 7.10. The lowest BCUT2D eigenvalue weighted by molar-refractivity contribution is -0.173. The molecule has 2 bridgehead atoms. The van der Waals surface area contributed by atoms with Gasteiger partial charge in [-0.2, -0.15) is 0 Å². The Labute approximate surface area is 196 Å². The second kappa shape index (κ2) is 8.93. The van der Waals surface area contributed by atoms with E-state index in [0.29, 0.717) is 24.3 Å². The average molecular weight is 469 g/mol. The van der Waals surface area contributed by atoms with Gasteiger partial charge in [-0.05, 0) is 61.2 Å². The Hall–Kier alpha value is -2.67. The van der Waals surface area contributed by atoms with Crippen molar-refractivity contribution in [2.45, 2.75) is 57.5 Å². The standard InChI is InChI=1S/C26H29FN2O3S/c1-3-21-24(26(31)32-4-2)15-11-16(12-15)29(21)23(30)13-17(22-9-6-10-33-22)18-14-28-20-8-5-7-19(27)25(18)20/h5-10,14-17,21,24,28H,3-4,11-13H2,1-2H3. The molecule has 5 nitrogen and oxygen atoms in total. The van der Waals surface area contributed by atoms with Crippen LogP contribution in [0.5, 0.6) is 0 Å². The van der Waals surface area contributed by atoms with Crippen molar-refractivity contribution < 1.29 is 18.7 Å². The Morgan fingerprint density at radius 2 is 2.06 bits per heavy atom. The summed E-state index contributed by atoms with van der Waals surface area (Å²) < 4.78 is 20.2. The number of ether oxygens (including phenoxy) is 1. The molecular formula is C26H29FN2O3S. The SMILES string of the molecule is CCOC(=O)C1C2CC(C2)N(C(=O)CC(c2cccs2)c2c[nH]c3cccc(F)c23)C1CC. The van der Waals surface area contributed by atoms with Crippen LogP contribution in [0, 0.1) is 17.7 Å². The number of carbonyl (C=O) groups is 2. The van der Waals surface area contributed by atoms with Gasteiger partial charge in [0.15, 0.2) is 0 Å². The summed E-state index contributed by atoms with van der Waals surface area (Å²) in [4.78, 5) is 32.7. The Morgan fingerprint density at radius 1 is 1.24 bits per heavy atom. The Balaban J connectivity index is 1.47. The third kappa shape index (κ3) is 3.76. The van der Waals surface area contributed by atoms with Crippen LogP contribution < -0.4 is 0 Å². The highest BCUT2D eigenvalue weighted by Crippen LogP contribution is 2.49. The molecule has 3 unspecified atom stereocenters. The number of esters is 1. The van der Waals surface area contributed by atoms with Crippen LogP contribution in [0.2, 0.25) is 0 Å². The molecule has 3 aliphatic rings. The van der Waals surface area contributed by atoms with E-state index in [1.165, 1.54) is 6.07 Å². The molecule has 1 aromatic carbocycles. The van der Waals surface area contributed by atoms with E-state index >= 15 is 0 Å². The zero-order valence-corrected chi connectivity index (χ0v) is 19.7. The zero-order chi connectivity index (χ0) is 23.1. The second-order valence-electron chi connectivity index (χ2n) is 9.12. The van der Waals surface area contributed by atoms with E-state index in [4.69, 9.17) is 4.74 Å². The number of hydrogen-bond acceptors (Lipinski definition) is 4. The number of thiophene rings is 1. The summed E-state index contributed by atoms with van der Waals surface area (Å²) >= 11 is 1.58. The summed E-state index contributed by atoms with van der Waals surface area (Å²) in [6.07, 6.45) is 4.51. The van der Waals surface area contributed by atoms with Crippen LogP contribution in [0.1, 0.15) is 55.9 Å². The predicted octanol–water partition coefficient (Wildman–Crippen LogP) is 5.47. The molecule has 3 fully saturated rings. The van der Waals surface area contributed by atoms with Crippen LogP contribution >= 0.6 is 11.3 Å². The molecule has 3 atom stereocenters. The van der Waals surface area contributed by atoms with Gasteiger partial charge < -0.3 is 14.6 Å². The minimum absolute atomic E-state index is 0.0309. The highest BCUT2D eigenvalue weighted by atomic mass is 32.1. The number of rotatable bonds is 7. The molecule has 6 rings (SSSR count). The molecule has 2 saturated heterocycles. The first-order chi connectivity index (χ1) is 16.0. The summed E-state index contributed by atoms with van der Waals surface area (Å²) in [5.74, 6) is -0.637. The van der Waals surface area contributed by atoms with Crippen LogP contribution in [0.25, 0.3) is 10.9 Å². The number of aromatic amines is 1. The van der Waals surface area contributed by atoms with E-state index in [0.717, 1.165) is 28.8 Å². The van der Waals surface area contributed by atoms with E-state index in [1.54, 1.807) is 17.4 Å². The number of H-pyrrole nitrogens is 1. The number of halogens is 1. The maximum atomic E-state index is 14.8. The van der Waals surface area contributed by atoms with E-state index in [1.807, 2.05) is 48.5 Å². The number of nitrogens with zero attached hydrogens (tertiary/aromatic N) is 1. The number of aromatic nitrogens is 1. The normalized spacial score (nSPS) is 25.0. The smallest absolute Gasteiger partial charge is 0.311 e. The first-order valence-corrected chi connectivity index (χ1v) is 12.7. The number of fused-ring (bicyclic) bond motifs is 3. The van der Waals surface area contributed by atoms with Crippen LogP contribution in [-0.2, 0) is 14.3 Å². The second-order valence-corrected chi connectivity index (χ2v) is 10.1. The van der Waals surface area contributed by atoms with Crippen molar-refractivity contribution >= 4 is 34.1 Å². The quantitative estimate of drug-likeness (QED) is 0.468. The van der Waals surface area contributed by atoms with E-state index in [2.05, 4.69) is 4.98 Å². The first-order valence-electron chi connectivity index (χ1n) is 11.8. The van der Waals surface area contributed by atoms with Gasteiger partial charge in [-0.1, -0.05) is 19.1 Å². The third-order valence-electron chi connectivity index (χ3n) is 7.41. The molecule has 1 saturated carbocycles. The van der Waals surface area contributed by atoms with E-state index < -0.39 is 0 Å². The number of nitrogens with one attached hydrogen (secondary N) is 1. The summed E-state index contributed by atoms with van der Waals surface area (Å²) in [6, 6.07) is 9.02. The molecule has 4 heterocycles. The van der Waals surface area contributed by atoms with Gasteiger partial charge in [-0.15, -0.1) is 11.3 Å². The van der Waals surface area contributed by atoms with Gasteiger partial charge >= 0.3 is 5.97 Å². The summed E-state index contributed by atoms with van der Waals surface area (Å²) in [6.45, 7) is 4.20. The van der Waals surface area contributed by atoms with Crippen LogP contribution in [0.15, 0.2) is 41.9 Å². The Morgan fingerprint density at radius 3 is 2.76 bits per heavy atom. The van der Waals surface area contributed by atoms with Crippen molar-refractivity contribution in [2.75, 3.05) is 6.61 Å². The Bertz CT molecular complexity index is 1150. The molecule has 2 aliphatic heterocycles. The predicted molar refractivity (Wildman–Crippen MR) is 127 cm³/mol. The fourth-order valence-corrected chi connectivity index (χ4v) is 6.76. The number of hydrogen-bond donors (Lipinski definition) is 1. The van der Waals surface area contributed by atoms with Gasteiger partial charge in [0.05, 0.1) is 12.5 Å². The summed E-state index contributed by atoms with van der Waals surface area (Å²) in [5, 5.41) is 2.53. The van der Waals surface area contributed by atoms with Crippen LogP contribution in [0.4, 0.5) is 4.39 Å². The van der Waals surface area contributed by atoms with Gasteiger partial charge in [0.1, 0.15) is 5.82 Å². The summed E-state index contributed by atoms with van der Waals surface area (Å²) in [7, 11) is 0. The van der Waals surface area contributed by atoms with Crippen molar-refractivity contribution in [1.29, 1.82) is 0 Å².